The Hall–Kier alpha value is -4.43. The van der Waals surface area contributed by atoms with Crippen molar-refractivity contribution in [1.82, 2.24) is 25.8 Å². The van der Waals surface area contributed by atoms with Crippen molar-refractivity contribution in [2.24, 2.45) is 11.5 Å². The lowest BCUT2D eigenvalue weighted by Crippen LogP contribution is -2.54. The summed E-state index contributed by atoms with van der Waals surface area (Å²) >= 11 is 0. The number of benzene rings is 1. The van der Waals surface area contributed by atoms with E-state index in [-0.39, 0.29) is 38.2 Å². The number of hydrogen-bond acceptors (Lipinski definition) is 7. The molecule has 3 amide bonds. The highest BCUT2D eigenvalue weighted by molar-refractivity contribution is 5.90. The molecule has 1 aliphatic heterocycles. The molecule has 4 unspecified atom stereocenters. The van der Waals surface area contributed by atoms with Gasteiger partial charge in [-0.15, -0.1) is 0 Å². The van der Waals surface area contributed by atoms with Crippen molar-refractivity contribution in [3.8, 4) is 0 Å². The van der Waals surface area contributed by atoms with E-state index in [1.807, 2.05) is 30.3 Å². The van der Waals surface area contributed by atoms with E-state index in [1.54, 1.807) is 11.1 Å². The highest BCUT2D eigenvalue weighted by atomic mass is 16.4. The Bertz CT molecular complexity index is 1310. The van der Waals surface area contributed by atoms with Crippen LogP contribution in [0.4, 0.5) is 0 Å². The lowest BCUT2D eigenvalue weighted by molar-refractivity contribution is -0.141. The van der Waals surface area contributed by atoms with Crippen LogP contribution in [0, 0.1) is 5.41 Å². The van der Waals surface area contributed by atoms with Crippen LogP contribution >= 0.6 is 0 Å². The molecule has 1 aromatic carbocycles. The second-order valence-electron chi connectivity index (χ2n) is 10.1. The molecule has 14 heteroatoms. The number of aliphatic hydroxyl groups excluding tert-OH is 1. The molecule has 0 radical (unpaired) electrons. The van der Waals surface area contributed by atoms with Gasteiger partial charge in [0.2, 0.25) is 17.7 Å². The van der Waals surface area contributed by atoms with Crippen LogP contribution in [0.5, 0.6) is 0 Å². The number of guanidine groups is 1. The first kappa shape index (κ1) is 31.1. The molecule has 0 aliphatic carbocycles. The van der Waals surface area contributed by atoms with E-state index in [4.69, 9.17) is 16.9 Å². The summed E-state index contributed by atoms with van der Waals surface area (Å²) in [5, 5.41) is 35.5. The SMILES string of the molecule is CC(O)C(N)C(=O)NC(CC1=CCN(C(=N)N)C1)C(=O)NCCCC(=O)NC(Cc1c[nH]c2ccccc12)C(=O)O. The fourth-order valence-corrected chi connectivity index (χ4v) is 4.47. The molecule has 14 nitrogen and oxygen atoms in total. The van der Waals surface area contributed by atoms with E-state index in [9.17, 15) is 29.4 Å². The average Bonchev–Trinajstić information content (AvgIpc) is 3.57. The molecule has 1 aromatic heterocycles. The Morgan fingerprint density at radius 3 is 2.51 bits per heavy atom. The number of hydrogen-bond donors (Lipinski definition) is 9. The molecule has 222 valence electrons. The van der Waals surface area contributed by atoms with E-state index in [1.165, 1.54) is 6.92 Å². The summed E-state index contributed by atoms with van der Waals surface area (Å²) in [5.74, 6) is -2.95. The number of rotatable bonds is 14. The van der Waals surface area contributed by atoms with Gasteiger partial charge in [0, 0.05) is 49.6 Å². The molecule has 4 atom stereocenters. The van der Waals surface area contributed by atoms with Crippen molar-refractivity contribution in [2.75, 3.05) is 19.6 Å². The number of aliphatic carboxylic acids is 1. The van der Waals surface area contributed by atoms with Gasteiger partial charge in [0.1, 0.15) is 18.1 Å². The van der Waals surface area contributed by atoms with Gasteiger partial charge < -0.3 is 47.5 Å². The van der Waals surface area contributed by atoms with Gasteiger partial charge in [-0.25, -0.2) is 4.79 Å². The normalized spacial score (nSPS) is 15.9. The Labute approximate surface area is 237 Å². The summed E-state index contributed by atoms with van der Waals surface area (Å²) < 4.78 is 0. The number of nitrogens with zero attached hydrogens (tertiary/aromatic N) is 1. The molecule has 0 fully saturated rings. The first-order valence-electron chi connectivity index (χ1n) is 13.3. The minimum Gasteiger partial charge on any atom is -0.480 e. The summed E-state index contributed by atoms with van der Waals surface area (Å²) in [5.41, 5.74) is 13.7. The molecule has 1 aliphatic rings. The van der Waals surface area contributed by atoms with Gasteiger partial charge in [-0.3, -0.25) is 19.8 Å². The Kier molecular flexibility index (Phi) is 10.8. The van der Waals surface area contributed by atoms with Crippen molar-refractivity contribution in [3.05, 3.63) is 47.7 Å². The van der Waals surface area contributed by atoms with Gasteiger partial charge in [-0.1, -0.05) is 29.8 Å². The van der Waals surface area contributed by atoms with Crippen LogP contribution in [0.1, 0.15) is 31.7 Å². The third kappa shape index (κ3) is 8.78. The topological polar surface area (TPSA) is 240 Å². The number of carboxylic acids is 1. The smallest absolute Gasteiger partial charge is 0.326 e. The lowest BCUT2D eigenvalue weighted by atomic mass is 10.0. The van der Waals surface area contributed by atoms with E-state index < -0.39 is 47.9 Å². The van der Waals surface area contributed by atoms with Gasteiger partial charge in [-0.05, 0) is 31.4 Å². The van der Waals surface area contributed by atoms with Gasteiger partial charge in [0.25, 0.3) is 0 Å². The zero-order valence-corrected chi connectivity index (χ0v) is 22.9. The number of carboxylic acid groups (broad SMARTS) is 1. The number of para-hydroxylation sites is 1. The second-order valence-corrected chi connectivity index (χ2v) is 10.1. The molecular weight excluding hydrogens is 532 g/mol. The fourth-order valence-electron chi connectivity index (χ4n) is 4.47. The first-order valence-corrected chi connectivity index (χ1v) is 13.3. The van der Waals surface area contributed by atoms with E-state index >= 15 is 0 Å². The molecule has 0 spiro atoms. The Morgan fingerprint density at radius 1 is 1.12 bits per heavy atom. The number of aliphatic hydroxyl groups is 1. The van der Waals surface area contributed by atoms with Crippen LogP contribution in [0.2, 0.25) is 0 Å². The molecule has 2 heterocycles. The predicted molar refractivity (Wildman–Crippen MR) is 152 cm³/mol. The van der Waals surface area contributed by atoms with Crippen LogP contribution < -0.4 is 27.4 Å². The van der Waals surface area contributed by atoms with Gasteiger partial charge >= 0.3 is 5.97 Å². The summed E-state index contributed by atoms with van der Waals surface area (Å²) in [6.07, 6.45) is 2.87. The highest BCUT2D eigenvalue weighted by Crippen LogP contribution is 2.19. The maximum Gasteiger partial charge on any atom is 0.326 e. The molecule has 2 aromatic rings. The zero-order valence-electron chi connectivity index (χ0n) is 22.9. The number of aromatic amines is 1. The highest BCUT2D eigenvalue weighted by Gasteiger charge is 2.28. The van der Waals surface area contributed by atoms with E-state index in [0.717, 1.165) is 22.0 Å². The lowest BCUT2D eigenvalue weighted by Gasteiger charge is -2.23. The number of aromatic nitrogens is 1. The molecule has 41 heavy (non-hydrogen) atoms. The van der Waals surface area contributed by atoms with Crippen LogP contribution in [0.3, 0.4) is 0 Å². The molecule has 0 saturated carbocycles. The summed E-state index contributed by atoms with van der Waals surface area (Å²) in [4.78, 5) is 54.4. The summed E-state index contributed by atoms with van der Waals surface area (Å²) in [6, 6.07) is 4.12. The Morgan fingerprint density at radius 2 is 1.85 bits per heavy atom. The number of H-pyrrole nitrogens is 1. The molecule has 0 saturated heterocycles. The van der Waals surface area contributed by atoms with Crippen molar-refractivity contribution in [2.45, 2.75) is 56.8 Å². The van der Waals surface area contributed by atoms with Crippen molar-refractivity contribution in [3.63, 3.8) is 0 Å². The zero-order chi connectivity index (χ0) is 30.1. The minimum atomic E-state index is -1.23. The van der Waals surface area contributed by atoms with Crippen LogP contribution in [0.15, 0.2) is 42.1 Å². The van der Waals surface area contributed by atoms with Crippen molar-refractivity contribution in [1.29, 1.82) is 5.41 Å². The monoisotopic (exact) mass is 570 g/mol. The average molecular weight is 571 g/mol. The fraction of sp³-hybridized carbons (Fsp3) is 0.444. The molecule has 3 rings (SSSR count). The maximum atomic E-state index is 13.0. The third-order valence-corrected chi connectivity index (χ3v) is 6.87. The summed E-state index contributed by atoms with van der Waals surface area (Å²) in [7, 11) is 0. The van der Waals surface area contributed by atoms with Gasteiger partial charge in [-0.2, -0.15) is 0 Å². The standard InChI is InChI=1S/C27H38N8O6/c1-15(36)23(28)25(39)34-20(11-16-8-10-35(14-16)27(29)30)24(38)31-9-4-7-22(37)33-21(26(40)41)12-17-13-32-19-6-3-2-5-18(17)19/h2-3,5-6,8,13,15,20-21,23,32,36H,4,7,9-12,14,28H2,1H3,(H3,29,30)(H,31,38)(H,33,37)(H,34,39)(H,40,41). The quantitative estimate of drug-likeness (QED) is 0.0578. The van der Waals surface area contributed by atoms with E-state index in [2.05, 4.69) is 20.9 Å². The molecule has 0 bridgehead atoms. The number of fused-ring (bicyclic) bond motifs is 1. The predicted octanol–water partition coefficient (Wildman–Crippen LogP) is -1.11. The Balaban J connectivity index is 1.51. The maximum absolute atomic E-state index is 13.0. The van der Waals surface area contributed by atoms with Crippen molar-refractivity contribution < 1.29 is 29.4 Å². The summed E-state index contributed by atoms with van der Waals surface area (Å²) in [6.45, 7) is 2.21. The largest absolute Gasteiger partial charge is 0.480 e. The number of nitrogens with one attached hydrogen (secondary N) is 5. The molecule has 11 N–H and O–H groups in total. The van der Waals surface area contributed by atoms with Crippen LogP contribution in [0.25, 0.3) is 10.9 Å². The van der Waals surface area contributed by atoms with Gasteiger partial charge in [0.15, 0.2) is 5.96 Å². The second kappa shape index (κ2) is 14.3. The van der Waals surface area contributed by atoms with E-state index in [0.29, 0.717) is 13.1 Å². The van der Waals surface area contributed by atoms with Crippen molar-refractivity contribution >= 4 is 40.6 Å². The first-order chi connectivity index (χ1) is 19.5. The van der Waals surface area contributed by atoms with Crippen LogP contribution in [-0.4, -0.2) is 93.6 Å². The number of amides is 3. The third-order valence-electron chi connectivity index (χ3n) is 6.87. The number of carbonyl (C=O) groups is 4. The number of nitrogens with two attached hydrogens (primary N) is 2. The minimum absolute atomic E-state index is 0.0272. The van der Waals surface area contributed by atoms with Crippen LogP contribution in [-0.2, 0) is 25.6 Å². The molecular formula is C27H38N8O6. The number of carbonyl (C=O) groups excluding carboxylic acids is 3. The van der Waals surface area contributed by atoms with Gasteiger partial charge in [0.05, 0.1) is 6.10 Å².